The normalized spacial score (nSPS) is 17.8. The fraction of sp³-hybridized carbons (Fsp3) is 0.500. The van der Waals surface area contributed by atoms with E-state index in [9.17, 15) is 0 Å². The van der Waals surface area contributed by atoms with Crippen molar-refractivity contribution in [1.29, 1.82) is 0 Å². The van der Waals surface area contributed by atoms with Crippen LogP contribution in [0.4, 0.5) is 0 Å². The van der Waals surface area contributed by atoms with Gasteiger partial charge in [0.1, 0.15) is 0 Å². The van der Waals surface area contributed by atoms with E-state index in [1.165, 1.54) is 31.3 Å². The minimum Gasteiger partial charge on any atom is -0.0917 e. The van der Waals surface area contributed by atoms with Crippen molar-refractivity contribution in [2.75, 3.05) is 0 Å². The van der Waals surface area contributed by atoms with Crippen LogP contribution < -0.4 is 0 Å². The minimum absolute atomic E-state index is 1.20. The third-order valence-electron chi connectivity index (χ3n) is 2.31. The van der Waals surface area contributed by atoms with Gasteiger partial charge in [-0.1, -0.05) is 35.5 Å². The largest absolute Gasteiger partial charge is 0.0917 e. The first-order valence-corrected chi connectivity index (χ1v) is 4.79. The molecule has 66 valence electrons. The standard InChI is InChI=1S/C12H18/c1-3-4-5-6-12-9-7-11(2)8-10-12/h3-4,7,9H,5-6,8,10H2,1-2H3/b4-3-. The highest BCUT2D eigenvalue weighted by molar-refractivity contribution is 5.22. The van der Waals surface area contributed by atoms with E-state index in [1.807, 2.05) is 0 Å². The smallest absolute Gasteiger partial charge is 0.0280 e. The second kappa shape index (κ2) is 4.97. The Balaban J connectivity index is 2.34. The number of rotatable bonds is 3. The summed E-state index contributed by atoms with van der Waals surface area (Å²) in [6.45, 7) is 4.29. The second-order valence-corrected chi connectivity index (χ2v) is 3.45. The molecule has 0 spiro atoms. The Kier molecular flexibility index (Phi) is 3.86. The van der Waals surface area contributed by atoms with Gasteiger partial charge < -0.3 is 0 Å². The van der Waals surface area contributed by atoms with E-state index >= 15 is 0 Å². The van der Waals surface area contributed by atoms with Gasteiger partial charge in [-0.05, 0) is 39.5 Å². The summed E-state index contributed by atoms with van der Waals surface area (Å²) >= 11 is 0. The van der Waals surface area contributed by atoms with Crippen LogP contribution in [-0.4, -0.2) is 0 Å². The van der Waals surface area contributed by atoms with Gasteiger partial charge in [0.15, 0.2) is 0 Å². The van der Waals surface area contributed by atoms with E-state index in [-0.39, 0.29) is 0 Å². The van der Waals surface area contributed by atoms with E-state index in [4.69, 9.17) is 0 Å². The van der Waals surface area contributed by atoms with Gasteiger partial charge in [0.2, 0.25) is 0 Å². The van der Waals surface area contributed by atoms with Gasteiger partial charge in [-0.15, -0.1) is 0 Å². The molecule has 0 aromatic carbocycles. The van der Waals surface area contributed by atoms with Crippen molar-refractivity contribution in [3.63, 3.8) is 0 Å². The number of hydrogen-bond donors (Lipinski definition) is 0. The van der Waals surface area contributed by atoms with Gasteiger partial charge in [0, 0.05) is 0 Å². The first-order valence-electron chi connectivity index (χ1n) is 4.79. The molecule has 0 saturated carbocycles. The van der Waals surface area contributed by atoms with Crippen molar-refractivity contribution >= 4 is 0 Å². The van der Waals surface area contributed by atoms with Crippen molar-refractivity contribution < 1.29 is 0 Å². The zero-order valence-electron chi connectivity index (χ0n) is 8.14. The van der Waals surface area contributed by atoms with E-state index < -0.39 is 0 Å². The maximum absolute atomic E-state index is 2.29. The molecule has 0 heterocycles. The van der Waals surface area contributed by atoms with E-state index in [1.54, 1.807) is 5.57 Å². The quantitative estimate of drug-likeness (QED) is 0.550. The van der Waals surface area contributed by atoms with Crippen molar-refractivity contribution in [1.82, 2.24) is 0 Å². The Bertz CT molecular complexity index is 216. The van der Waals surface area contributed by atoms with E-state index in [0.29, 0.717) is 0 Å². The summed E-state index contributed by atoms with van der Waals surface area (Å²) in [4.78, 5) is 0. The third-order valence-corrected chi connectivity index (χ3v) is 2.31. The van der Waals surface area contributed by atoms with E-state index in [0.717, 1.165) is 0 Å². The lowest BCUT2D eigenvalue weighted by Gasteiger charge is -2.10. The number of hydrogen-bond acceptors (Lipinski definition) is 0. The summed E-state index contributed by atoms with van der Waals surface area (Å²) in [5.74, 6) is 0. The molecular formula is C12H18. The maximum Gasteiger partial charge on any atom is -0.0280 e. The molecule has 1 rings (SSSR count). The van der Waals surface area contributed by atoms with Gasteiger partial charge in [-0.25, -0.2) is 0 Å². The second-order valence-electron chi connectivity index (χ2n) is 3.45. The van der Waals surface area contributed by atoms with Crippen LogP contribution in [0.1, 0.15) is 39.5 Å². The lowest BCUT2D eigenvalue weighted by Crippen LogP contribution is -1.90. The lowest BCUT2D eigenvalue weighted by molar-refractivity contribution is 0.827. The van der Waals surface area contributed by atoms with Gasteiger partial charge in [0.05, 0.1) is 0 Å². The molecule has 0 atom stereocenters. The molecule has 0 heteroatoms. The van der Waals surface area contributed by atoms with Crippen LogP contribution in [0.25, 0.3) is 0 Å². The predicted octanol–water partition coefficient (Wildman–Crippen LogP) is 4.01. The SMILES string of the molecule is C/C=C\CCC1=CC=C(C)CC1. The van der Waals surface area contributed by atoms with Gasteiger partial charge in [0.25, 0.3) is 0 Å². The molecular weight excluding hydrogens is 144 g/mol. The molecule has 0 unspecified atom stereocenters. The average molecular weight is 162 g/mol. The van der Waals surface area contributed by atoms with Crippen molar-refractivity contribution in [2.24, 2.45) is 0 Å². The summed E-state index contributed by atoms with van der Waals surface area (Å²) in [5.41, 5.74) is 3.13. The molecule has 0 amide bonds. The first kappa shape index (κ1) is 9.31. The van der Waals surface area contributed by atoms with Crippen LogP contribution in [0, 0.1) is 0 Å². The summed E-state index contributed by atoms with van der Waals surface area (Å²) in [5, 5.41) is 0. The predicted molar refractivity (Wildman–Crippen MR) is 55.1 cm³/mol. The fourth-order valence-corrected chi connectivity index (χ4v) is 1.43. The van der Waals surface area contributed by atoms with Crippen molar-refractivity contribution in [3.8, 4) is 0 Å². The van der Waals surface area contributed by atoms with Crippen LogP contribution in [-0.2, 0) is 0 Å². The van der Waals surface area contributed by atoms with Gasteiger partial charge in [-0.2, -0.15) is 0 Å². The molecule has 1 aliphatic carbocycles. The summed E-state index contributed by atoms with van der Waals surface area (Å²) in [6.07, 6.45) is 13.9. The van der Waals surface area contributed by atoms with Crippen LogP contribution in [0.2, 0.25) is 0 Å². The van der Waals surface area contributed by atoms with Gasteiger partial charge in [-0.3, -0.25) is 0 Å². The molecule has 0 aromatic rings. The molecule has 0 aromatic heterocycles. The molecule has 1 aliphatic rings. The molecule has 0 bridgehead atoms. The molecule has 12 heavy (non-hydrogen) atoms. The Hall–Kier alpha value is -0.780. The fourth-order valence-electron chi connectivity index (χ4n) is 1.43. The van der Waals surface area contributed by atoms with Crippen molar-refractivity contribution in [2.45, 2.75) is 39.5 Å². The zero-order valence-corrected chi connectivity index (χ0v) is 8.14. The molecule has 0 saturated heterocycles. The maximum atomic E-state index is 2.29. The summed E-state index contributed by atoms with van der Waals surface area (Å²) in [7, 11) is 0. The Morgan fingerprint density at radius 1 is 1.33 bits per heavy atom. The van der Waals surface area contributed by atoms with Crippen LogP contribution in [0.3, 0.4) is 0 Å². The highest BCUT2D eigenvalue weighted by atomic mass is 14.1. The first-order chi connectivity index (χ1) is 5.83. The van der Waals surface area contributed by atoms with Crippen molar-refractivity contribution in [3.05, 3.63) is 35.5 Å². The third kappa shape index (κ3) is 3.08. The lowest BCUT2D eigenvalue weighted by atomic mass is 9.96. The highest BCUT2D eigenvalue weighted by Gasteiger charge is 2.01. The molecule has 0 fully saturated rings. The topological polar surface area (TPSA) is 0 Å². The molecule has 0 N–H and O–H groups in total. The van der Waals surface area contributed by atoms with Crippen LogP contribution >= 0.6 is 0 Å². The zero-order chi connectivity index (χ0) is 8.81. The minimum atomic E-state index is 1.20. The summed E-state index contributed by atoms with van der Waals surface area (Å²) in [6, 6.07) is 0. The summed E-state index contributed by atoms with van der Waals surface area (Å²) < 4.78 is 0. The monoisotopic (exact) mass is 162 g/mol. The Labute approximate surface area is 75.7 Å². The number of allylic oxidation sites excluding steroid dienone is 6. The van der Waals surface area contributed by atoms with E-state index in [2.05, 4.69) is 38.2 Å². The Morgan fingerprint density at radius 3 is 2.75 bits per heavy atom. The highest BCUT2D eigenvalue weighted by Crippen LogP contribution is 2.21. The molecule has 0 nitrogen and oxygen atoms in total. The average Bonchev–Trinajstić information content (AvgIpc) is 2.09. The Morgan fingerprint density at radius 2 is 2.17 bits per heavy atom. The molecule has 0 aliphatic heterocycles. The molecule has 0 radical (unpaired) electrons. The van der Waals surface area contributed by atoms with Crippen LogP contribution in [0.15, 0.2) is 35.5 Å². The van der Waals surface area contributed by atoms with Crippen LogP contribution in [0.5, 0.6) is 0 Å². The van der Waals surface area contributed by atoms with Gasteiger partial charge >= 0.3 is 0 Å².